The lowest BCUT2D eigenvalue weighted by molar-refractivity contribution is -0.123. The molecule has 0 unspecified atom stereocenters. The minimum atomic E-state index is -0.329. The minimum Gasteiger partial charge on any atom is -0.351 e. The number of benzene rings is 1. The van der Waals surface area contributed by atoms with E-state index in [1.54, 1.807) is 27.7 Å². The molecule has 2 rings (SSSR count). The molecule has 128 valence electrons. The van der Waals surface area contributed by atoms with Gasteiger partial charge in [-0.1, -0.05) is 56.9 Å². The summed E-state index contributed by atoms with van der Waals surface area (Å²) in [7, 11) is 3.41. The van der Waals surface area contributed by atoms with Crippen LogP contribution >= 0.6 is 44.8 Å². The van der Waals surface area contributed by atoms with E-state index in [0.717, 1.165) is 11.3 Å². The Morgan fingerprint density at radius 1 is 1.48 bits per heavy atom. The average molecular weight is 394 g/mol. The van der Waals surface area contributed by atoms with Gasteiger partial charge in [0.1, 0.15) is 6.04 Å². The lowest BCUT2D eigenvalue weighted by Crippen LogP contribution is -2.57. The van der Waals surface area contributed by atoms with Crippen LogP contribution in [-0.4, -0.2) is 35.0 Å². The monoisotopic (exact) mass is 393 g/mol. The van der Waals surface area contributed by atoms with Crippen molar-refractivity contribution in [1.29, 1.82) is 0 Å². The van der Waals surface area contributed by atoms with E-state index >= 15 is 0 Å². The highest BCUT2D eigenvalue weighted by Gasteiger charge is 2.37. The van der Waals surface area contributed by atoms with Crippen molar-refractivity contribution in [2.24, 2.45) is 5.73 Å². The lowest BCUT2D eigenvalue weighted by Gasteiger charge is -2.36. The van der Waals surface area contributed by atoms with Crippen LogP contribution in [0.2, 0.25) is 10.0 Å². The Morgan fingerprint density at radius 3 is 2.96 bits per heavy atom. The van der Waals surface area contributed by atoms with Gasteiger partial charge in [0.25, 0.3) is 0 Å². The van der Waals surface area contributed by atoms with Gasteiger partial charge < -0.3 is 16.4 Å². The molecular formula is C15H21Cl2N3OS2. The SMILES string of the molecule is CC1(C)SSC[C@H](N)CN[C@@H]1C(=O)NCc1cccc(Cl)c1Cl. The third-order valence-electron chi connectivity index (χ3n) is 3.58. The molecular weight excluding hydrogens is 373 g/mol. The van der Waals surface area contributed by atoms with Crippen molar-refractivity contribution in [1.82, 2.24) is 10.6 Å². The summed E-state index contributed by atoms with van der Waals surface area (Å²) in [6.07, 6.45) is 0. The predicted octanol–water partition coefficient (Wildman–Crippen LogP) is 3.07. The number of nitrogens with one attached hydrogen (secondary N) is 2. The molecule has 1 aromatic carbocycles. The van der Waals surface area contributed by atoms with Gasteiger partial charge in [-0.2, -0.15) is 0 Å². The molecule has 0 bridgehead atoms. The molecule has 1 fully saturated rings. The van der Waals surface area contributed by atoms with Crippen molar-refractivity contribution < 1.29 is 4.79 Å². The van der Waals surface area contributed by atoms with Crippen LogP contribution in [-0.2, 0) is 11.3 Å². The van der Waals surface area contributed by atoms with Gasteiger partial charge in [0.15, 0.2) is 0 Å². The summed E-state index contributed by atoms with van der Waals surface area (Å²) >= 11 is 12.2. The topological polar surface area (TPSA) is 67.1 Å². The second kappa shape index (κ2) is 8.32. The number of hydrogen-bond acceptors (Lipinski definition) is 5. The Labute approximate surface area is 155 Å². The molecule has 1 aliphatic heterocycles. The zero-order valence-electron chi connectivity index (χ0n) is 13.1. The van der Waals surface area contributed by atoms with Crippen molar-refractivity contribution in [3.63, 3.8) is 0 Å². The largest absolute Gasteiger partial charge is 0.351 e. The van der Waals surface area contributed by atoms with E-state index in [1.807, 2.05) is 12.1 Å². The molecule has 1 aliphatic rings. The molecule has 4 N–H and O–H groups in total. The number of amides is 1. The van der Waals surface area contributed by atoms with Crippen LogP contribution in [0.4, 0.5) is 0 Å². The van der Waals surface area contributed by atoms with Crippen molar-refractivity contribution in [2.75, 3.05) is 12.3 Å². The van der Waals surface area contributed by atoms with Crippen LogP contribution in [0.5, 0.6) is 0 Å². The van der Waals surface area contributed by atoms with Crippen LogP contribution in [0.25, 0.3) is 0 Å². The normalized spacial score (nSPS) is 24.6. The third kappa shape index (κ3) is 5.18. The Bertz CT molecular complexity index is 572. The van der Waals surface area contributed by atoms with Crippen molar-refractivity contribution in [2.45, 2.75) is 37.2 Å². The molecule has 1 aromatic rings. The number of halogens is 2. The van der Waals surface area contributed by atoms with E-state index in [9.17, 15) is 4.79 Å². The first kappa shape index (κ1) is 19.2. The van der Waals surface area contributed by atoms with Gasteiger partial charge >= 0.3 is 0 Å². The van der Waals surface area contributed by atoms with E-state index in [1.165, 1.54) is 0 Å². The smallest absolute Gasteiger partial charge is 0.238 e. The quantitative estimate of drug-likeness (QED) is 0.688. The van der Waals surface area contributed by atoms with Crippen LogP contribution < -0.4 is 16.4 Å². The first-order valence-corrected chi connectivity index (χ1v) is 10.4. The molecule has 0 saturated carbocycles. The zero-order valence-corrected chi connectivity index (χ0v) is 16.2. The fourth-order valence-electron chi connectivity index (χ4n) is 2.27. The van der Waals surface area contributed by atoms with E-state index in [0.29, 0.717) is 23.1 Å². The second-order valence-electron chi connectivity index (χ2n) is 6.00. The molecule has 1 amide bonds. The van der Waals surface area contributed by atoms with Gasteiger partial charge in [-0.15, -0.1) is 0 Å². The van der Waals surface area contributed by atoms with Crippen LogP contribution in [0.1, 0.15) is 19.4 Å². The van der Waals surface area contributed by atoms with Crippen LogP contribution in [0, 0.1) is 0 Å². The van der Waals surface area contributed by atoms with Gasteiger partial charge in [0.05, 0.1) is 10.0 Å². The summed E-state index contributed by atoms with van der Waals surface area (Å²) < 4.78 is -0.243. The molecule has 0 aliphatic carbocycles. The second-order valence-corrected chi connectivity index (χ2v) is 9.78. The highest BCUT2D eigenvalue weighted by molar-refractivity contribution is 8.77. The van der Waals surface area contributed by atoms with Crippen LogP contribution in [0.15, 0.2) is 18.2 Å². The number of carbonyl (C=O) groups excluding carboxylic acids is 1. The average Bonchev–Trinajstić information content (AvgIpc) is 2.47. The summed E-state index contributed by atoms with van der Waals surface area (Å²) in [6, 6.07) is 5.11. The number of nitrogens with two attached hydrogens (primary N) is 1. The Balaban J connectivity index is 2.03. The van der Waals surface area contributed by atoms with Gasteiger partial charge in [0, 0.05) is 29.6 Å². The molecule has 0 aromatic heterocycles. The van der Waals surface area contributed by atoms with Gasteiger partial charge in [-0.05, 0) is 25.5 Å². The number of carbonyl (C=O) groups is 1. The first-order valence-electron chi connectivity index (χ1n) is 7.31. The fraction of sp³-hybridized carbons (Fsp3) is 0.533. The maximum absolute atomic E-state index is 12.6. The maximum atomic E-state index is 12.6. The summed E-state index contributed by atoms with van der Waals surface area (Å²) in [5.74, 6) is 0.807. The van der Waals surface area contributed by atoms with Crippen molar-refractivity contribution >= 4 is 50.7 Å². The van der Waals surface area contributed by atoms with Gasteiger partial charge in [-0.3, -0.25) is 4.79 Å². The standard InChI is InChI=1S/C15H21Cl2N3OS2/c1-15(2)13(19-7-10(18)8-22-23-15)14(21)20-6-9-4-3-5-11(16)12(9)17/h3-5,10,13,19H,6-8,18H2,1-2H3,(H,20,21)/t10-,13-/m1/s1. The maximum Gasteiger partial charge on any atom is 0.238 e. The first-order chi connectivity index (χ1) is 10.8. The van der Waals surface area contributed by atoms with E-state index in [-0.39, 0.29) is 22.7 Å². The summed E-state index contributed by atoms with van der Waals surface area (Å²) in [5.41, 5.74) is 6.80. The molecule has 2 atom stereocenters. The minimum absolute atomic E-state index is 0.0428. The van der Waals surface area contributed by atoms with Gasteiger partial charge in [-0.25, -0.2) is 0 Å². The molecule has 0 radical (unpaired) electrons. The summed E-state index contributed by atoms with van der Waals surface area (Å²) in [4.78, 5) is 12.6. The van der Waals surface area contributed by atoms with Gasteiger partial charge in [0.2, 0.25) is 5.91 Å². The number of rotatable bonds is 3. The van der Waals surface area contributed by atoms with E-state index in [2.05, 4.69) is 24.5 Å². The molecule has 1 heterocycles. The molecule has 1 saturated heterocycles. The highest BCUT2D eigenvalue weighted by atomic mass is 35.5. The third-order valence-corrected chi connectivity index (χ3v) is 7.84. The lowest BCUT2D eigenvalue weighted by atomic mass is 10.0. The van der Waals surface area contributed by atoms with Crippen molar-refractivity contribution in [3.8, 4) is 0 Å². The van der Waals surface area contributed by atoms with Crippen molar-refractivity contribution in [3.05, 3.63) is 33.8 Å². The van der Waals surface area contributed by atoms with Crippen LogP contribution in [0.3, 0.4) is 0 Å². The Kier molecular flexibility index (Phi) is 6.95. The molecule has 4 nitrogen and oxygen atoms in total. The number of hydrogen-bond donors (Lipinski definition) is 3. The zero-order chi connectivity index (χ0) is 17.0. The molecule has 23 heavy (non-hydrogen) atoms. The highest BCUT2D eigenvalue weighted by Crippen LogP contribution is 2.39. The molecule has 0 spiro atoms. The summed E-state index contributed by atoms with van der Waals surface area (Å²) in [6.45, 7) is 5.08. The summed E-state index contributed by atoms with van der Waals surface area (Å²) in [5, 5.41) is 7.21. The van der Waals surface area contributed by atoms with E-state index in [4.69, 9.17) is 28.9 Å². The Morgan fingerprint density at radius 2 is 2.22 bits per heavy atom. The van der Waals surface area contributed by atoms with E-state index < -0.39 is 0 Å². The Hall–Kier alpha value is -0.110. The predicted molar refractivity (Wildman–Crippen MR) is 102 cm³/mol. The fourth-order valence-corrected chi connectivity index (χ4v) is 5.54. The molecule has 8 heteroatoms.